The summed E-state index contributed by atoms with van der Waals surface area (Å²) in [6.45, 7) is 14.3. The van der Waals surface area contributed by atoms with E-state index in [1.807, 2.05) is 13.8 Å². The molecule has 5 nitrogen and oxygen atoms in total. The highest BCUT2D eigenvalue weighted by Crippen LogP contribution is 2.42. The Balaban J connectivity index is 0.000000586. The van der Waals surface area contributed by atoms with Crippen LogP contribution in [0.15, 0.2) is 66.8 Å². The number of aliphatic hydroxyl groups is 1. The summed E-state index contributed by atoms with van der Waals surface area (Å²) < 4.78 is 10.3. The monoisotopic (exact) mass is 604 g/mol. The first kappa shape index (κ1) is 37.2. The van der Waals surface area contributed by atoms with E-state index in [9.17, 15) is 9.59 Å². The minimum Gasteiger partial charge on any atom is -0.467 e. The SMILES string of the molecule is C=C(C)C.C=C(C=O)CO.CCCC1CCC(C2CC=C(c3ccc4cc(CC(COC)COC=O)ccc4c3)CC2)CC1. The fraction of sp³-hybridized carbons (Fsp3) is 0.538. The van der Waals surface area contributed by atoms with Crippen LogP contribution in [0.5, 0.6) is 0 Å². The van der Waals surface area contributed by atoms with Gasteiger partial charge in [0.15, 0.2) is 0 Å². The number of fused-ring (bicyclic) bond motifs is 1. The third-order valence-electron chi connectivity index (χ3n) is 8.68. The van der Waals surface area contributed by atoms with E-state index in [1.54, 1.807) is 7.11 Å². The molecule has 0 bridgehead atoms. The Morgan fingerprint density at radius 1 is 0.977 bits per heavy atom. The second-order valence-electron chi connectivity index (χ2n) is 12.8. The van der Waals surface area contributed by atoms with Gasteiger partial charge in [0.05, 0.1) is 19.8 Å². The molecule has 242 valence electrons. The van der Waals surface area contributed by atoms with E-state index in [0.717, 1.165) is 24.2 Å². The number of benzene rings is 2. The van der Waals surface area contributed by atoms with Gasteiger partial charge in [-0.3, -0.25) is 9.59 Å². The summed E-state index contributed by atoms with van der Waals surface area (Å²) in [5.41, 5.74) is 5.57. The molecular weight excluding hydrogens is 548 g/mol. The number of aldehydes is 1. The molecule has 2 aromatic rings. The number of aliphatic hydroxyl groups excluding tert-OH is 1. The predicted octanol–water partition coefficient (Wildman–Crippen LogP) is 8.92. The Morgan fingerprint density at radius 2 is 1.66 bits per heavy atom. The van der Waals surface area contributed by atoms with Crippen molar-refractivity contribution in [3.63, 3.8) is 0 Å². The van der Waals surface area contributed by atoms with Crippen molar-refractivity contribution in [2.45, 2.75) is 85.0 Å². The number of hydrogen-bond acceptors (Lipinski definition) is 5. The van der Waals surface area contributed by atoms with Crippen LogP contribution in [-0.4, -0.2) is 44.8 Å². The molecule has 0 aliphatic heterocycles. The highest BCUT2D eigenvalue weighted by molar-refractivity contribution is 5.87. The molecule has 0 aromatic heterocycles. The number of methoxy groups -OCH3 is 1. The van der Waals surface area contributed by atoms with Crippen molar-refractivity contribution < 1.29 is 24.2 Å². The summed E-state index contributed by atoms with van der Waals surface area (Å²) in [6.07, 6.45) is 16.4. The molecular formula is C39H56O5. The van der Waals surface area contributed by atoms with Crippen molar-refractivity contribution in [1.82, 2.24) is 0 Å². The molecule has 2 aliphatic carbocycles. The number of hydrogen-bond donors (Lipinski definition) is 1. The largest absolute Gasteiger partial charge is 0.467 e. The zero-order chi connectivity index (χ0) is 32.3. The van der Waals surface area contributed by atoms with E-state index in [2.05, 4.69) is 62.6 Å². The van der Waals surface area contributed by atoms with Crippen LogP contribution in [0.25, 0.3) is 16.3 Å². The van der Waals surface area contributed by atoms with Gasteiger partial charge in [0.1, 0.15) is 6.29 Å². The maximum Gasteiger partial charge on any atom is 0.293 e. The number of allylic oxidation sites excluding steroid dienone is 3. The third kappa shape index (κ3) is 13.3. The van der Waals surface area contributed by atoms with Gasteiger partial charge in [0.25, 0.3) is 6.47 Å². The molecule has 4 rings (SSSR count). The highest BCUT2D eigenvalue weighted by atomic mass is 16.5. The van der Waals surface area contributed by atoms with Crippen molar-refractivity contribution in [3.05, 3.63) is 77.9 Å². The molecule has 1 N–H and O–H groups in total. The number of rotatable bonds is 13. The van der Waals surface area contributed by atoms with E-state index in [1.165, 1.54) is 90.8 Å². The van der Waals surface area contributed by atoms with Crippen molar-refractivity contribution in [1.29, 1.82) is 0 Å². The van der Waals surface area contributed by atoms with E-state index in [-0.39, 0.29) is 18.1 Å². The van der Waals surface area contributed by atoms with Gasteiger partial charge in [-0.1, -0.05) is 81.2 Å². The Kier molecular flexibility index (Phi) is 17.6. The smallest absolute Gasteiger partial charge is 0.293 e. The molecule has 44 heavy (non-hydrogen) atoms. The van der Waals surface area contributed by atoms with Gasteiger partial charge in [-0.2, -0.15) is 0 Å². The lowest BCUT2D eigenvalue weighted by Crippen LogP contribution is -2.23. The Labute approximate surface area is 266 Å². The van der Waals surface area contributed by atoms with Gasteiger partial charge < -0.3 is 14.6 Å². The highest BCUT2D eigenvalue weighted by Gasteiger charge is 2.28. The lowest BCUT2D eigenvalue weighted by Gasteiger charge is -2.35. The summed E-state index contributed by atoms with van der Waals surface area (Å²) in [6, 6.07) is 13.6. The molecule has 2 unspecified atom stereocenters. The molecule has 0 saturated heterocycles. The lowest BCUT2D eigenvalue weighted by atomic mass is 9.70. The number of carbonyl (C=O) groups excluding carboxylic acids is 2. The Hall–Kier alpha value is -3.02. The second kappa shape index (κ2) is 20.8. The predicted molar refractivity (Wildman–Crippen MR) is 183 cm³/mol. The summed E-state index contributed by atoms with van der Waals surface area (Å²) in [5.74, 6) is 3.04. The molecule has 1 fully saturated rings. The van der Waals surface area contributed by atoms with Crippen LogP contribution in [0.1, 0.15) is 89.7 Å². The quantitative estimate of drug-likeness (QED) is 0.140. The van der Waals surface area contributed by atoms with Crippen LogP contribution in [0, 0.1) is 23.7 Å². The van der Waals surface area contributed by atoms with Crippen LogP contribution in [0.3, 0.4) is 0 Å². The lowest BCUT2D eigenvalue weighted by molar-refractivity contribution is -0.130. The fourth-order valence-electron chi connectivity index (χ4n) is 6.47. The third-order valence-corrected chi connectivity index (χ3v) is 8.68. The van der Waals surface area contributed by atoms with Gasteiger partial charge in [0, 0.05) is 18.6 Å². The molecule has 0 radical (unpaired) electrons. The van der Waals surface area contributed by atoms with Gasteiger partial charge in [-0.05, 0) is 104 Å². The van der Waals surface area contributed by atoms with Crippen molar-refractivity contribution in [3.8, 4) is 0 Å². The standard InChI is InChI=1S/C31H42O3.C4H6O2.C4H8/c1-3-4-23-5-8-26(9-6-23)27-11-13-28(14-12-27)30-16-15-29-18-24(7-10-31(29)19-30)17-25(20-33-2)21-34-22-32;1-4(2-5)3-6;1-4(2)3/h7,10,13,15-16,18-19,22-23,25-27H,3-6,8-9,11-12,14,17,20-21H2,1-2H3;2,6H,1,3H2;1H2,2-3H3. The normalized spacial score (nSPS) is 20.1. The summed E-state index contributed by atoms with van der Waals surface area (Å²) in [5, 5.41) is 10.6. The molecule has 2 aliphatic rings. The van der Waals surface area contributed by atoms with Crippen molar-refractivity contribution >= 4 is 29.1 Å². The minimum absolute atomic E-state index is 0.175. The van der Waals surface area contributed by atoms with Crippen LogP contribution < -0.4 is 0 Å². The molecule has 0 spiro atoms. The van der Waals surface area contributed by atoms with Gasteiger partial charge >= 0.3 is 0 Å². The van der Waals surface area contributed by atoms with E-state index < -0.39 is 0 Å². The molecule has 2 aromatic carbocycles. The first-order valence-corrected chi connectivity index (χ1v) is 16.4. The zero-order valence-corrected chi connectivity index (χ0v) is 27.7. The molecule has 1 saturated carbocycles. The summed E-state index contributed by atoms with van der Waals surface area (Å²) >= 11 is 0. The average molecular weight is 605 g/mol. The van der Waals surface area contributed by atoms with Gasteiger partial charge in [-0.15, -0.1) is 6.58 Å². The average Bonchev–Trinajstić information content (AvgIpc) is 3.03. The van der Waals surface area contributed by atoms with Crippen LogP contribution in [-0.2, 0) is 25.5 Å². The molecule has 0 amide bonds. The van der Waals surface area contributed by atoms with Crippen LogP contribution >= 0.6 is 0 Å². The topological polar surface area (TPSA) is 72.8 Å². The van der Waals surface area contributed by atoms with E-state index in [4.69, 9.17) is 14.6 Å². The van der Waals surface area contributed by atoms with Gasteiger partial charge in [0.2, 0.25) is 0 Å². The minimum atomic E-state index is -0.233. The van der Waals surface area contributed by atoms with Gasteiger partial charge in [-0.25, -0.2) is 0 Å². The molecule has 2 atom stereocenters. The molecule has 5 heteroatoms. The Bertz CT molecular complexity index is 1200. The first-order chi connectivity index (χ1) is 21.2. The van der Waals surface area contributed by atoms with Crippen LogP contribution in [0.2, 0.25) is 0 Å². The zero-order valence-electron chi connectivity index (χ0n) is 27.7. The van der Waals surface area contributed by atoms with E-state index >= 15 is 0 Å². The summed E-state index contributed by atoms with van der Waals surface area (Å²) in [7, 11) is 1.69. The number of carbonyl (C=O) groups is 2. The maximum atomic E-state index is 10.6. The van der Waals surface area contributed by atoms with E-state index in [0.29, 0.717) is 26.0 Å². The summed E-state index contributed by atoms with van der Waals surface area (Å²) in [4.78, 5) is 20.0. The van der Waals surface area contributed by atoms with Crippen LogP contribution in [0.4, 0.5) is 0 Å². The number of ether oxygens (including phenoxy) is 2. The van der Waals surface area contributed by atoms with Crippen molar-refractivity contribution in [2.24, 2.45) is 23.7 Å². The van der Waals surface area contributed by atoms with Crippen molar-refractivity contribution in [2.75, 3.05) is 26.9 Å². The Morgan fingerprint density at radius 3 is 2.20 bits per heavy atom. The molecule has 0 heterocycles. The fourth-order valence-corrected chi connectivity index (χ4v) is 6.47. The first-order valence-electron chi connectivity index (χ1n) is 16.4. The second-order valence-corrected chi connectivity index (χ2v) is 12.8. The maximum absolute atomic E-state index is 10.6.